The molecule has 0 radical (unpaired) electrons. The lowest BCUT2D eigenvalue weighted by atomic mass is 10.1. The Balaban J connectivity index is 1.86. The summed E-state index contributed by atoms with van der Waals surface area (Å²) in [4.78, 5) is 1.41. The molecule has 0 aliphatic carbocycles. The van der Waals surface area contributed by atoms with Gasteiger partial charge in [0.25, 0.3) is 0 Å². The second-order valence-corrected chi connectivity index (χ2v) is 6.54. The molecule has 4 heteroatoms. The maximum absolute atomic E-state index is 4.28. The molecule has 0 amide bonds. The average Bonchev–Trinajstić information content (AvgIpc) is 3.09. The molecule has 3 nitrogen and oxygen atoms in total. The van der Waals surface area contributed by atoms with Crippen molar-refractivity contribution >= 4 is 21.4 Å². The Bertz CT molecular complexity index is 680. The van der Waals surface area contributed by atoms with Gasteiger partial charge in [-0.15, -0.1) is 11.3 Å². The lowest BCUT2D eigenvalue weighted by Crippen LogP contribution is -2.23. The highest BCUT2D eigenvalue weighted by Crippen LogP contribution is 2.31. The van der Waals surface area contributed by atoms with Crippen molar-refractivity contribution in [2.75, 3.05) is 6.54 Å². The molecular formula is C17H21N3S. The van der Waals surface area contributed by atoms with E-state index >= 15 is 0 Å². The van der Waals surface area contributed by atoms with E-state index in [1.807, 2.05) is 29.3 Å². The summed E-state index contributed by atoms with van der Waals surface area (Å²) in [5.74, 6) is 0. The van der Waals surface area contributed by atoms with Crippen LogP contribution in [0.2, 0.25) is 0 Å². The first-order valence-corrected chi connectivity index (χ1v) is 8.27. The third kappa shape index (κ3) is 3.34. The van der Waals surface area contributed by atoms with E-state index in [2.05, 4.69) is 53.9 Å². The maximum Gasteiger partial charge on any atom is 0.0522 e. The first-order valence-electron chi connectivity index (χ1n) is 7.45. The van der Waals surface area contributed by atoms with Gasteiger partial charge in [-0.3, -0.25) is 4.68 Å². The molecule has 110 valence electrons. The van der Waals surface area contributed by atoms with E-state index in [4.69, 9.17) is 0 Å². The van der Waals surface area contributed by atoms with Gasteiger partial charge >= 0.3 is 0 Å². The van der Waals surface area contributed by atoms with Gasteiger partial charge in [0.2, 0.25) is 0 Å². The lowest BCUT2D eigenvalue weighted by molar-refractivity contribution is 0.536. The van der Waals surface area contributed by atoms with Crippen LogP contribution in [0.3, 0.4) is 0 Å². The molecule has 2 heterocycles. The Morgan fingerprint density at radius 3 is 2.90 bits per heavy atom. The molecule has 1 aromatic carbocycles. The van der Waals surface area contributed by atoms with Crippen molar-refractivity contribution in [1.82, 2.24) is 15.1 Å². The summed E-state index contributed by atoms with van der Waals surface area (Å²) in [5, 5.41) is 9.30. The van der Waals surface area contributed by atoms with Gasteiger partial charge in [-0.2, -0.15) is 5.10 Å². The number of nitrogens with zero attached hydrogens (tertiary/aromatic N) is 2. The van der Waals surface area contributed by atoms with Gasteiger partial charge in [0.15, 0.2) is 0 Å². The summed E-state index contributed by atoms with van der Waals surface area (Å²) in [6.45, 7) is 3.25. The Morgan fingerprint density at radius 1 is 1.33 bits per heavy atom. The Kier molecular flexibility index (Phi) is 4.36. The van der Waals surface area contributed by atoms with Gasteiger partial charge in [-0.1, -0.05) is 25.1 Å². The van der Waals surface area contributed by atoms with E-state index in [1.54, 1.807) is 0 Å². The van der Waals surface area contributed by atoms with Crippen LogP contribution in [0.15, 0.2) is 42.7 Å². The van der Waals surface area contributed by atoms with Crippen LogP contribution in [0, 0.1) is 0 Å². The number of aromatic nitrogens is 2. The maximum atomic E-state index is 4.28. The number of nitrogens with one attached hydrogen (secondary N) is 1. The highest BCUT2D eigenvalue weighted by atomic mass is 32.1. The van der Waals surface area contributed by atoms with Crippen molar-refractivity contribution in [2.45, 2.75) is 25.8 Å². The molecule has 0 saturated heterocycles. The summed E-state index contributed by atoms with van der Waals surface area (Å²) in [5.41, 5.74) is 1.28. The smallest absolute Gasteiger partial charge is 0.0522 e. The monoisotopic (exact) mass is 299 g/mol. The van der Waals surface area contributed by atoms with Crippen LogP contribution >= 0.6 is 11.3 Å². The second-order valence-electron chi connectivity index (χ2n) is 5.42. The van der Waals surface area contributed by atoms with E-state index in [1.165, 1.54) is 20.5 Å². The van der Waals surface area contributed by atoms with Crippen LogP contribution in [0.5, 0.6) is 0 Å². The molecule has 0 aliphatic rings. The lowest BCUT2D eigenvalue weighted by Gasteiger charge is -2.16. The van der Waals surface area contributed by atoms with Crippen LogP contribution in [0.25, 0.3) is 10.1 Å². The minimum Gasteiger partial charge on any atom is -0.309 e. The molecule has 3 rings (SSSR count). The van der Waals surface area contributed by atoms with E-state index in [-0.39, 0.29) is 0 Å². The van der Waals surface area contributed by atoms with Gasteiger partial charge in [0.1, 0.15) is 0 Å². The second kappa shape index (κ2) is 6.41. The number of hydrogen-bond acceptors (Lipinski definition) is 3. The predicted octanol–water partition coefficient (Wildman–Crippen LogP) is 3.92. The fourth-order valence-electron chi connectivity index (χ4n) is 2.58. The Labute approximate surface area is 129 Å². The van der Waals surface area contributed by atoms with Crippen molar-refractivity contribution in [3.63, 3.8) is 0 Å². The first kappa shape index (κ1) is 14.3. The summed E-state index contributed by atoms with van der Waals surface area (Å²) in [7, 11) is 1.97. The summed E-state index contributed by atoms with van der Waals surface area (Å²) in [6.07, 6.45) is 6.21. The van der Waals surface area contributed by atoms with Gasteiger partial charge in [0, 0.05) is 28.9 Å². The SMILES string of the molecule is CCCNC(Cc1cnn(C)c1)c1cc2ccccc2s1. The molecule has 0 saturated carbocycles. The van der Waals surface area contributed by atoms with Crippen molar-refractivity contribution in [1.29, 1.82) is 0 Å². The Morgan fingerprint density at radius 2 is 2.19 bits per heavy atom. The van der Waals surface area contributed by atoms with E-state index in [0.717, 1.165) is 19.4 Å². The molecule has 0 aliphatic heterocycles. The topological polar surface area (TPSA) is 29.9 Å². The number of rotatable bonds is 6. The molecule has 1 unspecified atom stereocenters. The zero-order valence-corrected chi connectivity index (χ0v) is 13.4. The zero-order valence-electron chi connectivity index (χ0n) is 12.5. The largest absolute Gasteiger partial charge is 0.309 e. The number of thiophene rings is 1. The number of benzene rings is 1. The third-order valence-corrected chi connectivity index (χ3v) is 4.86. The summed E-state index contributed by atoms with van der Waals surface area (Å²) in [6, 6.07) is 11.3. The normalized spacial score (nSPS) is 12.9. The van der Waals surface area contributed by atoms with Crippen molar-refractivity contribution < 1.29 is 0 Å². The van der Waals surface area contributed by atoms with E-state index in [0.29, 0.717) is 6.04 Å². The highest BCUT2D eigenvalue weighted by Gasteiger charge is 2.15. The molecule has 0 bridgehead atoms. The molecule has 0 fully saturated rings. The average molecular weight is 299 g/mol. The number of aryl methyl sites for hydroxylation is 1. The van der Waals surface area contributed by atoms with Gasteiger partial charge in [-0.25, -0.2) is 0 Å². The zero-order chi connectivity index (χ0) is 14.7. The Hall–Kier alpha value is -1.65. The molecule has 1 N–H and O–H groups in total. The minimum absolute atomic E-state index is 0.367. The minimum atomic E-state index is 0.367. The van der Waals surface area contributed by atoms with E-state index < -0.39 is 0 Å². The van der Waals surface area contributed by atoms with E-state index in [9.17, 15) is 0 Å². The molecule has 2 aromatic heterocycles. The fourth-order valence-corrected chi connectivity index (χ4v) is 3.72. The molecule has 1 atom stereocenters. The summed E-state index contributed by atoms with van der Waals surface area (Å²) >= 11 is 1.89. The van der Waals surface area contributed by atoms with Crippen LogP contribution in [0.1, 0.15) is 29.8 Å². The van der Waals surface area contributed by atoms with Crippen LogP contribution in [-0.4, -0.2) is 16.3 Å². The molecule has 3 aromatic rings. The number of hydrogen-bond donors (Lipinski definition) is 1. The number of fused-ring (bicyclic) bond motifs is 1. The van der Waals surface area contributed by atoms with Crippen LogP contribution < -0.4 is 5.32 Å². The fraction of sp³-hybridized carbons (Fsp3) is 0.353. The highest BCUT2D eigenvalue weighted by molar-refractivity contribution is 7.19. The van der Waals surface area contributed by atoms with Crippen LogP contribution in [-0.2, 0) is 13.5 Å². The third-order valence-electron chi connectivity index (χ3n) is 3.63. The van der Waals surface area contributed by atoms with Gasteiger partial charge in [0.05, 0.1) is 6.20 Å². The molecule has 0 spiro atoms. The van der Waals surface area contributed by atoms with Crippen molar-refractivity contribution in [3.8, 4) is 0 Å². The predicted molar refractivity (Wildman–Crippen MR) is 89.8 cm³/mol. The molecular weight excluding hydrogens is 278 g/mol. The van der Waals surface area contributed by atoms with Gasteiger partial charge in [-0.05, 0) is 42.5 Å². The molecule has 21 heavy (non-hydrogen) atoms. The first-order chi connectivity index (χ1) is 10.3. The van der Waals surface area contributed by atoms with Gasteiger partial charge < -0.3 is 5.32 Å². The van der Waals surface area contributed by atoms with Crippen molar-refractivity contribution in [2.24, 2.45) is 7.05 Å². The standard InChI is InChI=1S/C17H21N3S/c1-3-8-18-15(9-13-11-19-20(2)12-13)17-10-14-6-4-5-7-16(14)21-17/h4-7,10-12,15,18H,3,8-9H2,1-2H3. The summed E-state index contributed by atoms with van der Waals surface area (Å²) < 4.78 is 3.24. The van der Waals surface area contributed by atoms with Crippen LogP contribution in [0.4, 0.5) is 0 Å². The van der Waals surface area contributed by atoms with Crippen molar-refractivity contribution in [3.05, 3.63) is 53.2 Å². The quantitative estimate of drug-likeness (QED) is 0.747.